The summed E-state index contributed by atoms with van der Waals surface area (Å²) >= 11 is 0. The number of hydrogen-bond acceptors (Lipinski definition) is 2. The average molecular weight is 127 g/mol. The van der Waals surface area contributed by atoms with Crippen LogP contribution < -0.4 is 0 Å². The molecule has 0 aliphatic rings. The molecule has 0 fully saturated rings. The summed E-state index contributed by atoms with van der Waals surface area (Å²) in [6, 6.07) is 0. The molecule has 0 saturated carbocycles. The van der Waals surface area contributed by atoms with Crippen LogP contribution in [0.4, 0.5) is 0 Å². The molecule has 0 atom stereocenters. The Balaban J connectivity index is 3.91. The lowest BCUT2D eigenvalue weighted by molar-refractivity contribution is 0.281. The third-order valence-corrected chi connectivity index (χ3v) is 0.988. The first-order valence-electron chi connectivity index (χ1n) is 3.00. The summed E-state index contributed by atoms with van der Waals surface area (Å²) in [7, 11) is 1.62. The number of nitrogens with one attached hydrogen (secondary N) is 1. The van der Waals surface area contributed by atoms with Crippen LogP contribution in [-0.2, 0) is 4.74 Å². The van der Waals surface area contributed by atoms with Gasteiger partial charge in [0.15, 0.2) is 0 Å². The maximum Gasteiger partial charge on any atom is 0.0970 e. The van der Waals surface area contributed by atoms with E-state index in [1.807, 2.05) is 6.92 Å². The third-order valence-electron chi connectivity index (χ3n) is 0.988. The zero-order valence-corrected chi connectivity index (χ0v) is 6.19. The van der Waals surface area contributed by atoms with E-state index in [9.17, 15) is 0 Å². The van der Waals surface area contributed by atoms with Crippen molar-refractivity contribution in [3.05, 3.63) is 11.8 Å². The highest BCUT2D eigenvalue weighted by Gasteiger charge is 1.89. The van der Waals surface area contributed by atoms with Crippen LogP contribution in [0.5, 0.6) is 0 Å². The molecule has 0 spiro atoms. The molecule has 1 N–H and O–H groups in total. The predicted molar refractivity (Wildman–Crippen MR) is 38.8 cm³/mol. The van der Waals surface area contributed by atoms with Crippen LogP contribution in [0, 0.1) is 5.41 Å². The standard InChI is InChI=1S/C7H13NO/c1-4-7(9-3)5-6(2)8/h5,8H,4H2,1-3H3/b7-5+,8-6?. The van der Waals surface area contributed by atoms with Gasteiger partial charge in [0.05, 0.1) is 12.9 Å². The second-order valence-corrected chi connectivity index (χ2v) is 1.85. The summed E-state index contributed by atoms with van der Waals surface area (Å²) in [6.45, 7) is 3.73. The van der Waals surface area contributed by atoms with Gasteiger partial charge in [-0.2, -0.15) is 0 Å². The van der Waals surface area contributed by atoms with Crippen LogP contribution in [-0.4, -0.2) is 12.8 Å². The minimum Gasteiger partial charge on any atom is -0.501 e. The minimum atomic E-state index is 0.536. The molecule has 0 aromatic rings. The fourth-order valence-corrected chi connectivity index (χ4v) is 0.547. The summed E-state index contributed by atoms with van der Waals surface area (Å²) in [5, 5.41) is 7.07. The SMILES string of the molecule is CC/C(=C\C(C)=N)OC. The van der Waals surface area contributed by atoms with Gasteiger partial charge in [0, 0.05) is 12.1 Å². The van der Waals surface area contributed by atoms with E-state index in [-0.39, 0.29) is 0 Å². The lowest BCUT2D eigenvalue weighted by atomic mass is 10.3. The van der Waals surface area contributed by atoms with E-state index in [0.717, 1.165) is 12.2 Å². The average Bonchev–Trinajstić information content (AvgIpc) is 1.82. The van der Waals surface area contributed by atoms with Crippen molar-refractivity contribution in [3.63, 3.8) is 0 Å². The summed E-state index contributed by atoms with van der Waals surface area (Å²) in [6.07, 6.45) is 2.58. The quantitative estimate of drug-likeness (QED) is 0.456. The molecular weight excluding hydrogens is 114 g/mol. The van der Waals surface area contributed by atoms with Gasteiger partial charge in [-0.25, -0.2) is 0 Å². The second kappa shape index (κ2) is 4.13. The molecule has 0 aromatic heterocycles. The van der Waals surface area contributed by atoms with Crippen molar-refractivity contribution < 1.29 is 4.74 Å². The minimum absolute atomic E-state index is 0.536. The highest BCUT2D eigenvalue weighted by Crippen LogP contribution is 1.99. The first kappa shape index (κ1) is 8.21. The lowest BCUT2D eigenvalue weighted by Crippen LogP contribution is -1.88. The molecule has 52 valence electrons. The first-order valence-corrected chi connectivity index (χ1v) is 3.00. The van der Waals surface area contributed by atoms with Gasteiger partial charge in [-0.15, -0.1) is 0 Å². The Morgan fingerprint density at radius 1 is 1.67 bits per heavy atom. The number of allylic oxidation sites excluding steroid dienone is 2. The van der Waals surface area contributed by atoms with Crippen molar-refractivity contribution >= 4 is 5.71 Å². The molecule has 0 heterocycles. The molecule has 2 heteroatoms. The molecule has 0 saturated heterocycles. The van der Waals surface area contributed by atoms with Crippen LogP contribution in [0.3, 0.4) is 0 Å². The van der Waals surface area contributed by atoms with E-state index in [4.69, 9.17) is 10.1 Å². The highest BCUT2D eigenvalue weighted by molar-refractivity contribution is 5.90. The van der Waals surface area contributed by atoms with Gasteiger partial charge in [0.2, 0.25) is 0 Å². The molecule has 0 radical (unpaired) electrons. The Bertz CT molecular complexity index is 121. The Kier molecular flexibility index (Phi) is 3.76. The molecule has 0 bridgehead atoms. The normalized spacial score (nSPS) is 11.2. The maximum absolute atomic E-state index is 7.07. The summed E-state index contributed by atoms with van der Waals surface area (Å²) in [4.78, 5) is 0. The zero-order valence-electron chi connectivity index (χ0n) is 6.19. The van der Waals surface area contributed by atoms with Gasteiger partial charge >= 0.3 is 0 Å². The van der Waals surface area contributed by atoms with E-state index >= 15 is 0 Å². The molecule has 0 aliphatic carbocycles. The van der Waals surface area contributed by atoms with Crippen molar-refractivity contribution in [2.45, 2.75) is 20.3 Å². The number of methoxy groups -OCH3 is 1. The van der Waals surface area contributed by atoms with E-state index in [1.54, 1.807) is 20.1 Å². The van der Waals surface area contributed by atoms with Crippen LogP contribution in [0.2, 0.25) is 0 Å². The molecule has 9 heavy (non-hydrogen) atoms. The largest absolute Gasteiger partial charge is 0.501 e. The maximum atomic E-state index is 7.07. The Morgan fingerprint density at radius 3 is 2.33 bits per heavy atom. The molecule has 0 aliphatic heterocycles. The topological polar surface area (TPSA) is 33.1 Å². The molecule has 2 nitrogen and oxygen atoms in total. The van der Waals surface area contributed by atoms with Gasteiger partial charge in [0.25, 0.3) is 0 Å². The first-order chi connectivity index (χ1) is 4.20. The van der Waals surface area contributed by atoms with E-state index < -0.39 is 0 Å². The number of rotatable bonds is 3. The van der Waals surface area contributed by atoms with Gasteiger partial charge < -0.3 is 10.1 Å². The summed E-state index contributed by atoms with van der Waals surface area (Å²) in [5.74, 6) is 0.863. The van der Waals surface area contributed by atoms with E-state index in [0.29, 0.717) is 5.71 Å². The molecule has 0 rings (SSSR count). The van der Waals surface area contributed by atoms with Gasteiger partial charge in [-0.05, 0) is 13.0 Å². The molecular formula is C7H13NO. The van der Waals surface area contributed by atoms with Crippen molar-refractivity contribution in [1.29, 1.82) is 5.41 Å². The van der Waals surface area contributed by atoms with Crippen molar-refractivity contribution in [3.8, 4) is 0 Å². The van der Waals surface area contributed by atoms with Gasteiger partial charge in [-0.3, -0.25) is 0 Å². The molecule has 0 amide bonds. The molecule has 0 aromatic carbocycles. The van der Waals surface area contributed by atoms with E-state index in [1.165, 1.54) is 0 Å². The van der Waals surface area contributed by atoms with Gasteiger partial charge in [0.1, 0.15) is 0 Å². The Hall–Kier alpha value is -0.790. The van der Waals surface area contributed by atoms with Crippen LogP contribution in [0.15, 0.2) is 11.8 Å². The smallest absolute Gasteiger partial charge is 0.0970 e. The van der Waals surface area contributed by atoms with Gasteiger partial charge in [-0.1, -0.05) is 6.92 Å². The number of ether oxygens (including phenoxy) is 1. The van der Waals surface area contributed by atoms with Crippen molar-refractivity contribution in [2.24, 2.45) is 0 Å². The monoisotopic (exact) mass is 127 g/mol. The predicted octanol–water partition coefficient (Wildman–Crippen LogP) is 1.97. The molecule has 0 unspecified atom stereocenters. The Morgan fingerprint density at radius 2 is 2.22 bits per heavy atom. The van der Waals surface area contributed by atoms with Crippen molar-refractivity contribution in [2.75, 3.05) is 7.11 Å². The highest BCUT2D eigenvalue weighted by atomic mass is 16.5. The van der Waals surface area contributed by atoms with Crippen molar-refractivity contribution in [1.82, 2.24) is 0 Å². The van der Waals surface area contributed by atoms with Crippen LogP contribution >= 0.6 is 0 Å². The zero-order chi connectivity index (χ0) is 7.28. The van der Waals surface area contributed by atoms with Crippen LogP contribution in [0.1, 0.15) is 20.3 Å². The lowest BCUT2D eigenvalue weighted by Gasteiger charge is -1.99. The number of hydrogen-bond donors (Lipinski definition) is 1. The Labute approximate surface area is 56.0 Å². The van der Waals surface area contributed by atoms with Crippen LogP contribution in [0.25, 0.3) is 0 Å². The summed E-state index contributed by atoms with van der Waals surface area (Å²) in [5.41, 5.74) is 0.536. The third kappa shape index (κ3) is 3.76. The van der Waals surface area contributed by atoms with E-state index in [2.05, 4.69) is 0 Å². The summed E-state index contributed by atoms with van der Waals surface area (Å²) < 4.78 is 4.93. The second-order valence-electron chi connectivity index (χ2n) is 1.85. The fourth-order valence-electron chi connectivity index (χ4n) is 0.547. The fraction of sp³-hybridized carbons (Fsp3) is 0.571.